The van der Waals surface area contributed by atoms with Crippen LogP contribution in [0.15, 0.2) is 42.5 Å². The molecule has 0 bridgehead atoms. The van der Waals surface area contributed by atoms with Gasteiger partial charge in [0.2, 0.25) is 5.91 Å². The van der Waals surface area contributed by atoms with Crippen LogP contribution in [0.3, 0.4) is 0 Å². The molecule has 2 rings (SSSR count). The lowest BCUT2D eigenvalue weighted by atomic mass is 10.1. The highest BCUT2D eigenvalue weighted by Crippen LogP contribution is 2.21. The third-order valence-electron chi connectivity index (χ3n) is 4.05. The van der Waals surface area contributed by atoms with E-state index in [9.17, 15) is 9.18 Å². The molecule has 1 amide bonds. The Kier molecular flexibility index (Phi) is 6.82. The van der Waals surface area contributed by atoms with Gasteiger partial charge >= 0.3 is 0 Å². The lowest BCUT2D eigenvalue weighted by molar-refractivity contribution is -0.132. The summed E-state index contributed by atoms with van der Waals surface area (Å²) in [6, 6.07) is 11.5. The smallest absolute Gasteiger partial charge is 0.239 e. The minimum absolute atomic E-state index is 0.0527. The maximum Gasteiger partial charge on any atom is 0.239 e. The van der Waals surface area contributed by atoms with Crippen LogP contribution in [0.2, 0.25) is 10.0 Å². The van der Waals surface area contributed by atoms with Crippen molar-refractivity contribution in [3.8, 4) is 0 Å². The quantitative estimate of drug-likeness (QED) is 0.775. The van der Waals surface area contributed by atoms with E-state index in [2.05, 4.69) is 5.32 Å². The number of nitrogens with one attached hydrogen (secondary N) is 1. The number of benzene rings is 2. The Bertz CT molecular complexity index is 734. The number of halogens is 3. The molecule has 6 heteroatoms. The number of nitrogens with zero attached hydrogens (tertiary/aromatic N) is 1. The second-order valence-electron chi connectivity index (χ2n) is 6.06. The fourth-order valence-corrected chi connectivity index (χ4v) is 3.07. The molecule has 0 aliphatic carbocycles. The first-order valence-electron chi connectivity index (χ1n) is 7.99. The number of carbonyl (C=O) groups excluding carboxylic acids is 1. The predicted octanol–water partition coefficient (Wildman–Crippen LogP) is 4.83. The SMILES string of the molecule is CC(NC(C)c1cccc(Cl)c1)C(=O)N(C)Cc1c(F)cccc1Cl. The molecule has 0 saturated carbocycles. The molecule has 2 aromatic rings. The molecule has 0 radical (unpaired) electrons. The van der Waals surface area contributed by atoms with Crippen LogP contribution in [0.1, 0.15) is 31.0 Å². The van der Waals surface area contributed by atoms with Gasteiger partial charge in [-0.05, 0) is 43.7 Å². The Morgan fingerprint density at radius 3 is 2.52 bits per heavy atom. The van der Waals surface area contributed by atoms with E-state index in [1.165, 1.54) is 11.0 Å². The molecule has 2 atom stereocenters. The average Bonchev–Trinajstić information content (AvgIpc) is 2.57. The molecular formula is C19H21Cl2FN2O. The Labute approximate surface area is 157 Å². The molecule has 0 aliphatic rings. The lowest BCUT2D eigenvalue weighted by Gasteiger charge is -2.25. The highest BCUT2D eigenvalue weighted by molar-refractivity contribution is 6.31. The van der Waals surface area contributed by atoms with Gasteiger partial charge in [0, 0.05) is 35.2 Å². The summed E-state index contributed by atoms with van der Waals surface area (Å²) in [5.74, 6) is -0.562. The molecule has 2 aromatic carbocycles. The molecule has 0 heterocycles. The van der Waals surface area contributed by atoms with E-state index < -0.39 is 11.9 Å². The number of rotatable bonds is 6. The fourth-order valence-electron chi connectivity index (χ4n) is 2.65. The van der Waals surface area contributed by atoms with Crippen molar-refractivity contribution in [2.45, 2.75) is 32.5 Å². The van der Waals surface area contributed by atoms with E-state index in [-0.39, 0.29) is 18.5 Å². The summed E-state index contributed by atoms with van der Waals surface area (Å²) in [4.78, 5) is 14.0. The number of likely N-dealkylation sites (N-methyl/N-ethyl adjacent to an activating group) is 1. The molecule has 25 heavy (non-hydrogen) atoms. The van der Waals surface area contributed by atoms with Gasteiger partial charge in [-0.25, -0.2) is 4.39 Å². The second kappa shape index (κ2) is 8.65. The number of hydrogen-bond donors (Lipinski definition) is 1. The van der Waals surface area contributed by atoms with Crippen molar-refractivity contribution < 1.29 is 9.18 Å². The maximum absolute atomic E-state index is 13.9. The Balaban J connectivity index is 2.01. The van der Waals surface area contributed by atoms with Gasteiger partial charge in [0.1, 0.15) is 5.82 Å². The third-order valence-corrected chi connectivity index (χ3v) is 4.64. The van der Waals surface area contributed by atoms with Gasteiger partial charge in [0.15, 0.2) is 0 Å². The third kappa shape index (κ3) is 5.18. The molecule has 0 fully saturated rings. The Morgan fingerprint density at radius 1 is 1.20 bits per heavy atom. The first-order chi connectivity index (χ1) is 11.8. The molecular weight excluding hydrogens is 362 g/mol. The van der Waals surface area contributed by atoms with E-state index in [0.29, 0.717) is 15.6 Å². The Morgan fingerprint density at radius 2 is 1.88 bits per heavy atom. The monoisotopic (exact) mass is 382 g/mol. The zero-order valence-corrected chi connectivity index (χ0v) is 15.9. The van der Waals surface area contributed by atoms with Crippen molar-refractivity contribution in [2.75, 3.05) is 7.05 Å². The highest BCUT2D eigenvalue weighted by Gasteiger charge is 2.21. The zero-order valence-electron chi connectivity index (χ0n) is 14.4. The van der Waals surface area contributed by atoms with E-state index in [1.807, 2.05) is 25.1 Å². The van der Waals surface area contributed by atoms with E-state index >= 15 is 0 Å². The van der Waals surface area contributed by atoms with Crippen LogP contribution in [0.25, 0.3) is 0 Å². The van der Waals surface area contributed by atoms with Crippen molar-refractivity contribution in [2.24, 2.45) is 0 Å². The van der Waals surface area contributed by atoms with E-state index in [4.69, 9.17) is 23.2 Å². The largest absolute Gasteiger partial charge is 0.340 e. The van der Waals surface area contributed by atoms with Gasteiger partial charge in [-0.3, -0.25) is 10.1 Å². The van der Waals surface area contributed by atoms with Crippen LogP contribution < -0.4 is 5.32 Å². The highest BCUT2D eigenvalue weighted by atomic mass is 35.5. The van der Waals surface area contributed by atoms with Crippen molar-refractivity contribution in [1.29, 1.82) is 0 Å². The molecule has 0 aromatic heterocycles. The summed E-state index contributed by atoms with van der Waals surface area (Å²) in [6.45, 7) is 3.86. The molecule has 1 N–H and O–H groups in total. The van der Waals surface area contributed by atoms with E-state index in [1.54, 1.807) is 32.2 Å². The first-order valence-corrected chi connectivity index (χ1v) is 8.74. The van der Waals surface area contributed by atoms with E-state index in [0.717, 1.165) is 5.56 Å². The first kappa shape index (κ1) is 19.7. The van der Waals surface area contributed by atoms with Crippen molar-refractivity contribution in [3.63, 3.8) is 0 Å². The van der Waals surface area contributed by atoms with Gasteiger partial charge in [0.25, 0.3) is 0 Å². The molecule has 0 aliphatic heterocycles. The number of amides is 1. The minimum atomic E-state index is -0.440. The summed E-state index contributed by atoms with van der Waals surface area (Å²) >= 11 is 12.0. The average molecular weight is 383 g/mol. The second-order valence-corrected chi connectivity index (χ2v) is 6.90. The molecule has 0 spiro atoms. The van der Waals surface area contributed by atoms with Crippen LogP contribution in [-0.2, 0) is 11.3 Å². The van der Waals surface area contributed by atoms with Gasteiger partial charge in [-0.1, -0.05) is 41.4 Å². The summed E-state index contributed by atoms with van der Waals surface area (Å²) < 4.78 is 13.9. The molecule has 134 valence electrons. The van der Waals surface area contributed by atoms with Crippen LogP contribution in [0.5, 0.6) is 0 Å². The lowest BCUT2D eigenvalue weighted by Crippen LogP contribution is -2.43. The normalized spacial score (nSPS) is 13.4. The molecule has 3 nitrogen and oxygen atoms in total. The van der Waals surface area contributed by atoms with Crippen LogP contribution in [-0.4, -0.2) is 23.9 Å². The Hall–Kier alpha value is -1.62. The summed E-state index contributed by atoms with van der Waals surface area (Å²) in [5.41, 5.74) is 1.31. The predicted molar refractivity (Wildman–Crippen MR) is 100 cm³/mol. The van der Waals surface area contributed by atoms with Gasteiger partial charge in [-0.2, -0.15) is 0 Å². The van der Waals surface area contributed by atoms with Crippen LogP contribution >= 0.6 is 23.2 Å². The van der Waals surface area contributed by atoms with Crippen molar-refractivity contribution >= 4 is 29.1 Å². The fraction of sp³-hybridized carbons (Fsp3) is 0.316. The van der Waals surface area contributed by atoms with Crippen molar-refractivity contribution in [3.05, 3.63) is 69.5 Å². The van der Waals surface area contributed by atoms with Gasteiger partial charge in [-0.15, -0.1) is 0 Å². The van der Waals surface area contributed by atoms with Crippen molar-refractivity contribution in [1.82, 2.24) is 10.2 Å². The van der Waals surface area contributed by atoms with Crippen LogP contribution in [0, 0.1) is 5.82 Å². The summed E-state index contributed by atoms with van der Waals surface area (Å²) in [7, 11) is 1.63. The minimum Gasteiger partial charge on any atom is -0.340 e. The molecule has 2 unspecified atom stereocenters. The zero-order chi connectivity index (χ0) is 18.6. The molecule has 0 saturated heterocycles. The van der Waals surface area contributed by atoms with Gasteiger partial charge in [0.05, 0.1) is 6.04 Å². The van der Waals surface area contributed by atoms with Gasteiger partial charge < -0.3 is 4.90 Å². The standard InChI is InChI=1S/C19H21Cl2FN2O/c1-12(14-6-4-7-15(20)10-14)23-13(2)19(25)24(3)11-16-17(21)8-5-9-18(16)22/h4-10,12-13,23H,11H2,1-3H3. The summed E-state index contributed by atoms with van der Waals surface area (Å²) in [5, 5.41) is 4.20. The number of hydrogen-bond acceptors (Lipinski definition) is 2. The maximum atomic E-state index is 13.9. The topological polar surface area (TPSA) is 32.3 Å². The van der Waals surface area contributed by atoms with Crippen LogP contribution in [0.4, 0.5) is 4.39 Å². The summed E-state index contributed by atoms with van der Waals surface area (Å²) in [6.07, 6.45) is 0. The number of carbonyl (C=O) groups is 1.